The van der Waals surface area contributed by atoms with Gasteiger partial charge in [-0.1, -0.05) is 29.8 Å². The fourth-order valence-electron chi connectivity index (χ4n) is 4.25. The number of halogens is 3. The van der Waals surface area contributed by atoms with Crippen molar-refractivity contribution >= 4 is 39.4 Å². The topological polar surface area (TPSA) is 96.5 Å². The molecule has 1 saturated heterocycles. The van der Waals surface area contributed by atoms with Crippen molar-refractivity contribution in [2.24, 2.45) is 0 Å². The first-order valence-electron chi connectivity index (χ1n) is 11.3. The highest BCUT2D eigenvalue weighted by Gasteiger charge is 2.44. The van der Waals surface area contributed by atoms with E-state index in [2.05, 4.69) is 5.32 Å². The fraction of sp³-hybridized carbons (Fsp3) is 0.375. The van der Waals surface area contributed by atoms with Crippen LogP contribution in [0.2, 0.25) is 0 Å². The maximum absolute atomic E-state index is 12.7. The lowest BCUT2D eigenvalue weighted by molar-refractivity contribution is -0.174. The van der Waals surface area contributed by atoms with E-state index in [1.165, 1.54) is 0 Å². The number of aromatic nitrogens is 2. The van der Waals surface area contributed by atoms with E-state index in [1.54, 1.807) is 0 Å². The summed E-state index contributed by atoms with van der Waals surface area (Å²) in [5.41, 5.74) is 1.59. The molecule has 0 spiro atoms. The van der Waals surface area contributed by atoms with Gasteiger partial charge in [-0.15, -0.1) is 0 Å². The second-order valence-corrected chi connectivity index (χ2v) is 10.6. The second kappa shape index (κ2) is 9.32. The SMILES string of the molecule is Cc1ccc2nc(N3CCS(=O)c4ccccc4C3)nc(NC3(CNC(=O)C(F)(F)F)COC3)c2c1. The zero-order valence-electron chi connectivity index (χ0n) is 19.4. The van der Waals surface area contributed by atoms with Crippen LogP contribution in [0.5, 0.6) is 0 Å². The van der Waals surface area contributed by atoms with Crippen molar-refractivity contribution in [3.05, 3.63) is 53.6 Å². The summed E-state index contributed by atoms with van der Waals surface area (Å²) in [6.07, 6.45) is -4.97. The van der Waals surface area contributed by atoms with Crippen molar-refractivity contribution in [3.63, 3.8) is 0 Å². The highest BCUT2D eigenvalue weighted by atomic mass is 32.2. The molecule has 2 aliphatic rings. The van der Waals surface area contributed by atoms with Crippen LogP contribution in [-0.2, 0) is 26.9 Å². The number of anilines is 2. The predicted molar refractivity (Wildman–Crippen MR) is 129 cm³/mol. The zero-order valence-corrected chi connectivity index (χ0v) is 20.2. The number of hydrogen-bond acceptors (Lipinski definition) is 7. The van der Waals surface area contributed by atoms with Crippen LogP contribution in [0.25, 0.3) is 10.9 Å². The van der Waals surface area contributed by atoms with Crippen LogP contribution in [0.4, 0.5) is 24.9 Å². The maximum Gasteiger partial charge on any atom is 0.471 e. The van der Waals surface area contributed by atoms with Crippen LogP contribution in [0.3, 0.4) is 0 Å². The smallest absolute Gasteiger partial charge is 0.376 e. The van der Waals surface area contributed by atoms with Gasteiger partial charge in [-0.05, 0) is 30.7 Å². The summed E-state index contributed by atoms with van der Waals surface area (Å²) in [5, 5.41) is 5.90. The van der Waals surface area contributed by atoms with Gasteiger partial charge in [0.2, 0.25) is 5.95 Å². The number of carbonyl (C=O) groups is 1. The van der Waals surface area contributed by atoms with Crippen LogP contribution in [0.15, 0.2) is 47.4 Å². The van der Waals surface area contributed by atoms with Crippen LogP contribution in [-0.4, -0.2) is 63.9 Å². The molecule has 1 amide bonds. The molecule has 0 saturated carbocycles. The minimum Gasteiger partial charge on any atom is -0.376 e. The largest absolute Gasteiger partial charge is 0.471 e. The molecule has 3 heterocycles. The Morgan fingerprint density at radius 1 is 1.19 bits per heavy atom. The molecule has 5 rings (SSSR count). The van der Waals surface area contributed by atoms with Gasteiger partial charge in [-0.2, -0.15) is 18.2 Å². The summed E-state index contributed by atoms with van der Waals surface area (Å²) < 4.78 is 56.2. The summed E-state index contributed by atoms with van der Waals surface area (Å²) >= 11 is 0. The van der Waals surface area contributed by atoms with Crippen molar-refractivity contribution in [3.8, 4) is 0 Å². The zero-order chi connectivity index (χ0) is 25.5. The van der Waals surface area contributed by atoms with Gasteiger partial charge in [0.1, 0.15) is 11.4 Å². The third kappa shape index (κ3) is 4.87. The first-order chi connectivity index (χ1) is 17.1. The van der Waals surface area contributed by atoms with Crippen LogP contribution in [0, 0.1) is 6.92 Å². The monoisotopic (exact) mass is 519 g/mol. The quantitative estimate of drug-likeness (QED) is 0.535. The Hall–Kier alpha value is -3.25. The van der Waals surface area contributed by atoms with Gasteiger partial charge in [0.05, 0.1) is 29.5 Å². The summed E-state index contributed by atoms with van der Waals surface area (Å²) in [5.74, 6) is -0.744. The number of ether oxygens (including phenoxy) is 1. The van der Waals surface area contributed by atoms with E-state index in [0.717, 1.165) is 16.0 Å². The molecule has 0 radical (unpaired) electrons. The van der Waals surface area contributed by atoms with Crippen molar-refractivity contribution < 1.29 is 26.9 Å². The molecule has 0 bridgehead atoms. The highest BCUT2D eigenvalue weighted by molar-refractivity contribution is 7.85. The Balaban J connectivity index is 1.49. The molecule has 12 heteroatoms. The lowest BCUT2D eigenvalue weighted by Crippen LogP contribution is -2.63. The number of amides is 1. The molecule has 1 fully saturated rings. The normalized spacial score (nSPS) is 19.2. The third-order valence-electron chi connectivity index (χ3n) is 6.23. The predicted octanol–water partition coefficient (Wildman–Crippen LogP) is 2.93. The minimum atomic E-state index is -4.97. The molecule has 0 aliphatic carbocycles. The summed E-state index contributed by atoms with van der Waals surface area (Å²) in [6.45, 7) is 2.78. The van der Waals surface area contributed by atoms with Gasteiger partial charge in [-0.25, -0.2) is 4.98 Å². The fourth-order valence-corrected chi connectivity index (χ4v) is 5.51. The third-order valence-corrected chi connectivity index (χ3v) is 7.68. The van der Waals surface area contributed by atoms with Gasteiger partial charge in [0, 0.05) is 35.7 Å². The number of fused-ring (bicyclic) bond motifs is 2. The molecule has 8 nitrogen and oxygen atoms in total. The molecule has 2 aliphatic heterocycles. The summed E-state index contributed by atoms with van der Waals surface area (Å²) in [4.78, 5) is 23.7. The van der Waals surface area contributed by atoms with Crippen LogP contribution in [0.1, 0.15) is 11.1 Å². The number of rotatable bonds is 5. The maximum atomic E-state index is 12.7. The number of alkyl halides is 3. The molecule has 2 N–H and O–H groups in total. The van der Waals surface area contributed by atoms with Gasteiger partial charge in [-0.3, -0.25) is 9.00 Å². The minimum absolute atomic E-state index is 0.105. The highest BCUT2D eigenvalue weighted by Crippen LogP contribution is 2.31. The van der Waals surface area contributed by atoms with E-state index in [0.29, 0.717) is 41.5 Å². The molecular weight excluding hydrogens is 495 g/mol. The van der Waals surface area contributed by atoms with Gasteiger partial charge in [0.15, 0.2) is 0 Å². The second-order valence-electron chi connectivity index (χ2n) is 9.05. The molecule has 36 heavy (non-hydrogen) atoms. The number of aryl methyl sites for hydroxylation is 1. The average Bonchev–Trinajstić information content (AvgIpc) is 2.99. The van der Waals surface area contributed by atoms with Crippen LogP contribution < -0.4 is 15.5 Å². The van der Waals surface area contributed by atoms with E-state index in [9.17, 15) is 22.2 Å². The number of benzene rings is 2. The van der Waals surface area contributed by atoms with Gasteiger partial charge in [0.25, 0.3) is 0 Å². The first-order valence-corrected chi connectivity index (χ1v) is 12.7. The van der Waals surface area contributed by atoms with Gasteiger partial charge >= 0.3 is 12.1 Å². The number of carbonyl (C=O) groups excluding carboxylic acids is 1. The lowest BCUT2D eigenvalue weighted by Gasteiger charge is -2.42. The van der Waals surface area contributed by atoms with Crippen LogP contribution >= 0.6 is 0 Å². The molecule has 1 unspecified atom stereocenters. The standard InChI is InChI=1S/C24H24F3N5O3S/c1-15-6-7-18-17(10-15)20(31-23(13-35-14-23)12-28-21(33)24(25,26)27)30-22(29-18)32-8-9-36(34)19-5-3-2-4-16(19)11-32/h2-7,10H,8-9,11-14H2,1H3,(H,28,33)(H,29,30,31). The Morgan fingerprint density at radius 3 is 2.69 bits per heavy atom. The molecular formula is C24H24F3N5O3S. The Bertz CT molecular complexity index is 1350. The Morgan fingerprint density at radius 2 is 1.97 bits per heavy atom. The first kappa shape index (κ1) is 24.4. The van der Waals surface area contributed by atoms with Crippen molar-refractivity contribution in [1.29, 1.82) is 0 Å². The van der Waals surface area contributed by atoms with Crippen molar-refractivity contribution in [2.75, 3.05) is 42.3 Å². The Labute approximate surface area is 207 Å². The number of nitrogens with zero attached hydrogens (tertiary/aromatic N) is 3. The number of hydrogen-bond donors (Lipinski definition) is 2. The molecule has 2 aromatic carbocycles. The molecule has 3 aromatic rings. The lowest BCUT2D eigenvalue weighted by atomic mass is 9.96. The van der Waals surface area contributed by atoms with E-state index >= 15 is 0 Å². The molecule has 1 atom stereocenters. The summed E-state index contributed by atoms with van der Waals surface area (Å²) in [6, 6.07) is 13.2. The summed E-state index contributed by atoms with van der Waals surface area (Å²) in [7, 11) is -1.15. The van der Waals surface area contributed by atoms with E-state index in [4.69, 9.17) is 14.7 Å². The van der Waals surface area contributed by atoms with Crippen molar-refractivity contribution in [2.45, 2.75) is 30.1 Å². The van der Waals surface area contributed by atoms with Gasteiger partial charge < -0.3 is 20.3 Å². The van der Waals surface area contributed by atoms with E-state index in [-0.39, 0.29) is 19.8 Å². The van der Waals surface area contributed by atoms with E-state index in [1.807, 2.05) is 59.6 Å². The molecule has 1 aromatic heterocycles. The van der Waals surface area contributed by atoms with Crippen molar-refractivity contribution in [1.82, 2.24) is 15.3 Å². The van der Waals surface area contributed by atoms with E-state index < -0.39 is 28.4 Å². The number of nitrogens with one attached hydrogen (secondary N) is 2. The Kier molecular flexibility index (Phi) is 6.33. The average molecular weight is 520 g/mol. The molecule has 190 valence electrons.